The van der Waals surface area contributed by atoms with Gasteiger partial charge in [0.2, 0.25) is 0 Å². The van der Waals surface area contributed by atoms with Crippen molar-refractivity contribution in [2.24, 2.45) is 5.92 Å². The van der Waals surface area contributed by atoms with Crippen molar-refractivity contribution in [3.8, 4) is 0 Å². The standard InChI is InChI=1S/C14H22BrN3/c1-3-5-11-12(15)13(16)18-14(17-11)10-7-4-6-9(2)8-10/h9-10H,3-8H2,1-2H3,(H2,16,17,18). The maximum Gasteiger partial charge on any atom is 0.141 e. The SMILES string of the molecule is CCCc1nc(C2CCCC(C)C2)nc(N)c1Br. The number of aryl methyl sites for hydroxylation is 1. The highest BCUT2D eigenvalue weighted by Gasteiger charge is 2.24. The molecule has 0 aliphatic heterocycles. The van der Waals surface area contributed by atoms with Gasteiger partial charge in [-0.25, -0.2) is 9.97 Å². The molecule has 2 unspecified atom stereocenters. The Kier molecular flexibility index (Phi) is 4.60. The van der Waals surface area contributed by atoms with Crippen LogP contribution in [0.15, 0.2) is 4.47 Å². The number of anilines is 1. The van der Waals surface area contributed by atoms with Gasteiger partial charge in [-0.3, -0.25) is 0 Å². The van der Waals surface area contributed by atoms with Gasteiger partial charge in [0.25, 0.3) is 0 Å². The second-order valence-electron chi connectivity index (χ2n) is 5.45. The Morgan fingerprint density at radius 1 is 1.33 bits per heavy atom. The van der Waals surface area contributed by atoms with E-state index in [2.05, 4.69) is 34.8 Å². The van der Waals surface area contributed by atoms with E-state index < -0.39 is 0 Å². The second-order valence-corrected chi connectivity index (χ2v) is 6.24. The third-order valence-corrected chi connectivity index (χ3v) is 4.62. The van der Waals surface area contributed by atoms with Crippen LogP contribution in [0.3, 0.4) is 0 Å². The van der Waals surface area contributed by atoms with Crippen molar-refractivity contribution in [2.45, 2.75) is 58.3 Å². The molecular weight excluding hydrogens is 290 g/mol. The zero-order valence-electron chi connectivity index (χ0n) is 11.2. The third-order valence-electron chi connectivity index (χ3n) is 3.75. The molecule has 1 aromatic heterocycles. The normalized spacial score (nSPS) is 24.2. The van der Waals surface area contributed by atoms with Crippen LogP contribution >= 0.6 is 15.9 Å². The second kappa shape index (κ2) is 6.00. The maximum absolute atomic E-state index is 6.00. The molecule has 100 valence electrons. The number of hydrogen-bond donors (Lipinski definition) is 1. The highest BCUT2D eigenvalue weighted by molar-refractivity contribution is 9.10. The Labute approximate surface area is 118 Å². The van der Waals surface area contributed by atoms with Crippen LogP contribution in [0.4, 0.5) is 5.82 Å². The van der Waals surface area contributed by atoms with Crippen molar-refractivity contribution in [3.05, 3.63) is 16.0 Å². The molecule has 0 aromatic carbocycles. The van der Waals surface area contributed by atoms with E-state index in [0.29, 0.717) is 11.7 Å². The summed E-state index contributed by atoms with van der Waals surface area (Å²) in [6.07, 6.45) is 7.07. The molecule has 2 N–H and O–H groups in total. The minimum atomic E-state index is 0.500. The first kappa shape index (κ1) is 13.8. The summed E-state index contributed by atoms with van der Waals surface area (Å²) in [5, 5.41) is 0. The molecule has 1 heterocycles. The van der Waals surface area contributed by atoms with Crippen molar-refractivity contribution in [2.75, 3.05) is 5.73 Å². The summed E-state index contributed by atoms with van der Waals surface area (Å²) in [6, 6.07) is 0. The molecule has 4 heteroatoms. The molecule has 1 fully saturated rings. The van der Waals surface area contributed by atoms with Crippen LogP contribution in [-0.2, 0) is 6.42 Å². The van der Waals surface area contributed by atoms with Gasteiger partial charge in [-0.15, -0.1) is 0 Å². The minimum absolute atomic E-state index is 0.500. The van der Waals surface area contributed by atoms with Crippen LogP contribution in [0, 0.1) is 5.92 Å². The predicted octanol–water partition coefficient (Wildman–Crippen LogP) is 4.07. The van der Waals surface area contributed by atoms with E-state index in [0.717, 1.165) is 34.8 Å². The summed E-state index contributed by atoms with van der Waals surface area (Å²) >= 11 is 3.50. The van der Waals surface area contributed by atoms with Gasteiger partial charge in [0.05, 0.1) is 10.2 Å². The fraction of sp³-hybridized carbons (Fsp3) is 0.714. The highest BCUT2D eigenvalue weighted by atomic mass is 79.9. The molecule has 0 bridgehead atoms. The Hall–Kier alpha value is -0.640. The summed E-state index contributed by atoms with van der Waals surface area (Å²) in [5.74, 6) is 2.85. The lowest BCUT2D eigenvalue weighted by molar-refractivity contribution is 0.335. The van der Waals surface area contributed by atoms with Crippen molar-refractivity contribution in [1.82, 2.24) is 9.97 Å². The molecule has 0 amide bonds. The summed E-state index contributed by atoms with van der Waals surface area (Å²) in [4.78, 5) is 9.24. The fourth-order valence-electron chi connectivity index (χ4n) is 2.79. The summed E-state index contributed by atoms with van der Waals surface area (Å²) < 4.78 is 0.886. The van der Waals surface area contributed by atoms with E-state index in [-0.39, 0.29) is 0 Å². The quantitative estimate of drug-likeness (QED) is 0.915. The molecule has 0 spiro atoms. The van der Waals surface area contributed by atoms with Crippen molar-refractivity contribution in [3.63, 3.8) is 0 Å². The maximum atomic E-state index is 6.00. The minimum Gasteiger partial charge on any atom is -0.383 e. The Bertz CT molecular complexity index is 420. The van der Waals surface area contributed by atoms with Gasteiger partial charge in [0.15, 0.2) is 0 Å². The number of halogens is 1. The van der Waals surface area contributed by atoms with Crippen LogP contribution < -0.4 is 5.73 Å². The number of nitrogens with zero attached hydrogens (tertiary/aromatic N) is 2. The molecule has 1 saturated carbocycles. The van der Waals surface area contributed by atoms with Crippen LogP contribution in [0.2, 0.25) is 0 Å². The van der Waals surface area contributed by atoms with E-state index in [1.165, 1.54) is 25.7 Å². The van der Waals surface area contributed by atoms with Gasteiger partial charge in [-0.1, -0.05) is 33.1 Å². The molecule has 1 aliphatic carbocycles. The van der Waals surface area contributed by atoms with Crippen LogP contribution in [-0.4, -0.2) is 9.97 Å². The van der Waals surface area contributed by atoms with Gasteiger partial charge in [-0.05, 0) is 41.1 Å². The van der Waals surface area contributed by atoms with Gasteiger partial charge in [0.1, 0.15) is 11.6 Å². The third kappa shape index (κ3) is 3.02. The molecular formula is C14H22BrN3. The molecule has 0 saturated heterocycles. The van der Waals surface area contributed by atoms with Gasteiger partial charge in [-0.2, -0.15) is 0 Å². The molecule has 1 aliphatic rings. The van der Waals surface area contributed by atoms with Gasteiger partial charge in [0, 0.05) is 5.92 Å². The number of hydrogen-bond acceptors (Lipinski definition) is 3. The van der Waals surface area contributed by atoms with E-state index in [1.54, 1.807) is 0 Å². The Morgan fingerprint density at radius 2 is 2.11 bits per heavy atom. The fourth-order valence-corrected chi connectivity index (χ4v) is 3.16. The first-order valence-corrected chi connectivity index (χ1v) is 7.72. The van der Waals surface area contributed by atoms with Crippen molar-refractivity contribution >= 4 is 21.7 Å². The van der Waals surface area contributed by atoms with Crippen LogP contribution in [0.1, 0.15) is 63.4 Å². The summed E-state index contributed by atoms with van der Waals surface area (Å²) in [7, 11) is 0. The molecule has 0 radical (unpaired) electrons. The smallest absolute Gasteiger partial charge is 0.141 e. The van der Waals surface area contributed by atoms with E-state index >= 15 is 0 Å². The molecule has 3 nitrogen and oxygen atoms in total. The van der Waals surface area contributed by atoms with Crippen LogP contribution in [0.25, 0.3) is 0 Å². The molecule has 18 heavy (non-hydrogen) atoms. The van der Waals surface area contributed by atoms with Gasteiger partial charge >= 0.3 is 0 Å². The lowest BCUT2D eigenvalue weighted by Gasteiger charge is -2.26. The predicted molar refractivity (Wildman–Crippen MR) is 78.5 cm³/mol. The number of nitrogens with two attached hydrogens (primary N) is 1. The molecule has 2 rings (SSSR count). The first-order valence-electron chi connectivity index (χ1n) is 6.93. The summed E-state index contributed by atoms with van der Waals surface area (Å²) in [5.41, 5.74) is 7.06. The average Bonchev–Trinajstić information content (AvgIpc) is 2.35. The van der Waals surface area contributed by atoms with Crippen molar-refractivity contribution in [1.29, 1.82) is 0 Å². The monoisotopic (exact) mass is 311 g/mol. The lowest BCUT2D eigenvalue weighted by Crippen LogP contribution is -2.16. The Balaban J connectivity index is 2.27. The van der Waals surface area contributed by atoms with E-state index in [4.69, 9.17) is 10.7 Å². The number of aromatic nitrogens is 2. The largest absolute Gasteiger partial charge is 0.383 e. The topological polar surface area (TPSA) is 51.8 Å². The highest BCUT2D eigenvalue weighted by Crippen LogP contribution is 2.35. The average molecular weight is 312 g/mol. The zero-order valence-corrected chi connectivity index (χ0v) is 12.8. The zero-order chi connectivity index (χ0) is 13.1. The lowest BCUT2D eigenvalue weighted by atomic mass is 9.82. The van der Waals surface area contributed by atoms with Gasteiger partial charge < -0.3 is 5.73 Å². The number of rotatable bonds is 3. The van der Waals surface area contributed by atoms with Crippen LogP contribution in [0.5, 0.6) is 0 Å². The van der Waals surface area contributed by atoms with E-state index in [1.807, 2.05) is 0 Å². The molecule has 2 atom stereocenters. The summed E-state index contributed by atoms with van der Waals surface area (Å²) in [6.45, 7) is 4.48. The van der Waals surface area contributed by atoms with E-state index in [9.17, 15) is 0 Å². The first-order chi connectivity index (χ1) is 8.61. The Morgan fingerprint density at radius 3 is 2.78 bits per heavy atom. The molecule has 1 aromatic rings. The van der Waals surface area contributed by atoms with Crippen molar-refractivity contribution < 1.29 is 0 Å². The number of nitrogen functional groups attached to an aromatic ring is 1.